The van der Waals surface area contributed by atoms with Crippen LogP contribution < -0.4 is 0 Å². The van der Waals surface area contributed by atoms with Crippen LogP contribution in [-0.4, -0.2) is 26.5 Å². The summed E-state index contributed by atoms with van der Waals surface area (Å²) in [4.78, 5) is 11.0. The molecule has 0 unspecified atom stereocenters. The summed E-state index contributed by atoms with van der Waals surface area (Å²) >= 11 is 0. The first kappa shape index (κ1) is 9.39. The number of carbonyl (C=O) groups is 1. The quantitative estimate of drug-likeness (QED) is 0.774. The molecule has 0 aliphatic carbocycles. The van der Waals surface area contributed by atoms with Gasteiger partial charge in [-0.2, -0.15) is 15.4 Å². The van der Waals surface area contributed by atoms with Gasteiger partial charge in [0.25, 0.3) is 0 Å². The smallest absolute Gasteiger partial charge is 0.336 e. The molecular formula is C10H9N3O2. The Balaban J connectivity index is 2.61. The number of carboxylic acids is 1. The summed E-state index contributed by atoms with van der Waals surface area (Å²) in [7, 11) is 0. The third-order valence-corrected chi connectivity index (χ3v) is 2.10. The molecule has 0 aliphatic heterocycles. The molecule has 0 bridgehead atoms. The fraction of sp³-hybridized carbons (Fsp3) is 0.100. The lowest BCUT2D eigenvalue weighted by Gasteiger charge is -2.03. The number of benzene rings is 1. The van der Waals surface area contributed by atoms with Crippen LogP contribution in [-0.2, 0) is 0 Å². The van der Waals surface area contributed by atoms with Crippen molar-refractivity contribution in [1.82, 2.24) is 15.4 Å². The maximum absolute atomic E-state index is 11.0. The summed E-state index contributed by atoms with van der Waals surface area (Å²) in [5.74, 6) is -0.961. The van der Waals surface area contributed by atoms with Gasteiger partial charge in [0.05, 0.1) is 11.8 Å². The number of aromatic nitrogens is 3. The molecule has 2 rings (SSSR count). The summed E-state index contributed by atoms with van der Waals surface area (Å²) in [6.07, 6.45) is 1.50. The molecule has 2 N–H and O–H groups in total. The molecule has 1 heterocycles. The molecule has 0 saturated heterocycles. The van der Waals surface area contributed by atoms with E-state index in [1.807, 2.05) is 13.0 Å². The number of hydrogen-bond acceptors (Lipinski definition) is 3. The van der Waals surface area contributed by atoms with Crippen LogP contribution in [0.4, 0.5) is 0 Å². The topological polar surface area (TPSA) is 78.9 Å². The number of rotatable bonds is 2. The van der Waals surface area contributed by atoms with Crippen LogP contribution in [0.1, 0.15) is 15.9 Å². The average molecular weight is 203 g/mol. The number of carboxylic acid groups (broad SMARTS) is 1. The van der Waals surface area contributed by atoms with Crippen molar-refractivity contribution in [2.75, 3.05) is 0 Å². The summed E-state index contributed by atoms with van der Waals surface area (Å²) in [6, 6.07) is 5.19. The highest BCUT2D eigenvalue weighted by atomic mass is 16.4. The van der Waals surface area contributed by atoms with Gasteiger partial charge >= 0.3 is 5.97 Å². The number of hydrogen-bond donors (Lipinski definition) is 2. The Bertz CT molecular complexity index is 491. The van der Waals surface area contributed by atoms with Crippen LogP contribution in [0.3, 0.4) is 0 Å². The van der Waals surface area contributed by atoms with E-state index in [1.165, 1.54) is 6.20 Å². The van der Waals surface area contributed by atoms with Crippen molar-refractivity contribution in [1.29, 1.82) is 0 Å². The van der Waals surface area contributed by atoms with Gasteiger partial charge in [-0.1, -0.05) is 17.7 Å². The van der Waals surface area contributed by atoms with Crippen LogP contribution in [0.5, 0.6) is 0 Å². The first-order valence-corrected chi connectivity index (χ1v) is 4.38. The Hall–Kier alpha value is -2.17. The van der Waals surface area contributed by atoms with Crippen molar-refractivity contribution in [3.05, 3.63) is 35.5 Å². The highest BCUT2D eigenvalue weighted by Crippen LogP contribution is 2.21. The second-order valence-electron chi connectivity index (χ2n) is 3.21. The number of nitrogens with zero attached hydrogens (tertiary/aromatic N) is 2. The number of aromatic carboxylic acids is 1. The zero-order chi connectivity index (χ0) is 10.8. The third kappa shape index (κ3) is 1.71. The number of aromatic amines is 1. The summed E-state index contributed by atoms with van der Waals surface area (Å²) < 4.78 is 0. The minimum Gasteiger partial charge on any atom is -0.478 e. The second-order valence-corrected chi connectivity index (χ2v) is 3.21. The van der Waals surface area contributed by atoms with E-state index in [0.29, 0.717) is 11.3 Å². The van der Waals surface area contributed by atoms with Gasteiger partial charge in [0.15, 0.2) is 0 Å². The van der Waals surface area contributed by atoms with Gasteiger partial charge in [0, 0.05) is 5.56 Å². The lowest BCUT2D eigenvalue weighted by molar-refractivity contribution is 0.0697. The Kier molecular flexibility index (Phi) is 2.21. The van der Waals surface area contributed by atoms with E-state index in [-0.39, 0.29) is 5.56 Å². The standard InChI is InChI=1S/C10H9N3O2/c1-6-2-3-7(8(4-6)10(14)15)9-5-11-13-12-9/h2-5H,1H3,(H,14,15)(H,11,12,13). The Labute approximate surface area is 85.8 Å². The number of nitrogens with one attached hydrogen (secondary N) is 1. The Morgan fingerprint density at radius 1 is 1.47 bits per heavy atom. The molecule has 0 atom stereocenters. The lowest BCUT2D eigenvalue weighted by atomic mass is 10.0. The van der Waals surface area contributed by atoms with Crippen molar-refractivity contribution >= 4 is 5.97 Å². The maximum Gasteiger partial charge on any atom is 0.336 e. The molecule has 0 amide bonds. The average Bonchev–Trinajstić information content (AvgIpc) is 2.70. The first-order chi connectivity index (χ1) is 7.18. The largest absolute Gasteiger partial charge is 0.478 e. The van der Waals surface area contributed by atoms with Crippen LogP contribution in [0.25, 0.3) is 11.3 Å². The predicted molar refractivity (Wildman–Crippen MR) is 53.5 cm³/mol. The first-order valence-electron chi connectivity index (χ1n) is 4.38. The minimum absolute atomic E-state index is 0.240. The Morgan fingerprint density at radius 2 is 2.27 bits per heavy atom. The fourth-order valence-corrected chi connectivity index (χ4v) is 1.39. The van der Waals surface area contributed by atoms with Gasteiger partial charge in [-0.3, -0.25) is 0 Å². The van der Waals surface area contributed by atoms with Gasteiger partial charge in [0.2, 0.25) is 0 Å². The lowest BCUT2D eigenvalue weighted by Crippen LogP contribution is -2.00. The second kappa shape index (κ2) is 3.53. The van der Waals surface area contributed by atoms with Gasteiger partial charge in [-0.05, 0) is 13.0 Å². The molecule has 1 aromatic heterocycles. The molecule has 0 aliphatic rings. The van der Waals surface area contributed by atoms with Crippen LogP contribution >= 0.6 is 0 Å². The fourth-order valence-electron chi connectivity index (χ4n) is 1.39. The monoisotopic (exact) mass is 203 g/mol. The van der Waals surface area contributed by atoms with E-state index in [2.05, 4.69) is 15.4 Å². The molecular weight excluding hydrogens is 194 g/mol. The van der Waals surface area contributed by atoms with Crippen molar-refractivity contribution in [2.45, 2.75) is 6.92 Å². The zero-order valence-electron chi connectivity index (χ0n) is 8.06. The molecule has 5 nitrogen and oxygen atoms in total. The van der Waals surface area contributed by atoms with Crippen molar-refractivity contribution in [2.24, 2.45) is 0 Å². The van der Waals surface area contributed by atoms with Crippen molar-refractivity contribution in [3.8, 4) is 11.3 Å². The number of H-pyrrole nitrogens is 1. The summed E-state index contributed by atoms with van der Waals surface area (Å²) in [5.41, 5.74) is 2.25. The predicted octanol–water partition coefficient (Wildman–Crippen LogP) is 1.48. The molecule has 76 valence electrons. The molecule has 0 radical (unpaired) electrons. The van der Waals surface area contributed by atoms with E-state index >= 15 is 0 Å². The maximum atomic E-state index is 11.0. The van der Waals surface area contributed by atoms with Gasteiger partial charge < -0.3 is 5.11 Å². The summed E-state index contributed by atoms with van der Waals surface area (Å²) in [5, 5.41) is 19.0. The van der Waals surface area contributed by atoms with Crippen LogP contribution in [0.15, 0.2) is 24.4 Å². The molecule has 5 heteroatoms. The highest BCUT2D eigenvalue weighted by molar-refractivity contribution is 5.95. The molecule has 0 fully saturated rings. The Morgan fingerprint density at radius 3 is 2.87 bits per heavy atom. The van der Waals surface area contributed by atoms with Gasteiger partial charge in [-0.25, -0.2) is 4.79 Å². The van der Waals surface area contributed by atoms with E-state index < -0.39 is 5.97 Å². The molecule has 2 aromatic rings. The van der Waals surface area contributed by atoms with Crippen LogP contribution in [0.2, 0.25) is 0 Å². The van der Waals surface area contributed by atoms with Crippen molar-refractivity contribution < 1.29 is 9.90 Å². The van der Waals surface area contributed by atoms with Gasteiger partial charge in [-0.15, -0.1) is 0 Å². The molecule has 0 saturated carbocycles. The van der Waals surface area contributed by atoms with Gasteiger partial charge in [0.1, 0.15) is 5.69 Å². The van der Waals surface area contributed by atoms with E-state index in [9.17, 15) is 4.79 Å². The SMILES string of the molecule is Cc1ccc(-c2cn[nH]n2)c(C(=O)O)c1. The van der Waals surface area contributed by atoms with E-state index in [1.54, 1.807) is 12.1 Å². The van der Waals surface area contributed by atoms with E-state index in [4.69, 9.17) is 5.11 Å². The third-order valence-electron chi connectivity index (χ3n) is 2.10. The summed E-state index contributed by atoms with van der Waals surface area (Å²) in [6.45, 7) is 1.85. The van der Waals surface area contributed by atoms with E-state index in [0.717, 1.165) is 5.56 Å². The highest BCUT2D eigenvalue weighted by Gasteiger charge is 2.13. The normalized spacial score (nSPS) is 10.2. The molecule has 15 heavy (non-hydrogen) atoms. The molecule has 1 aromatic carbocycles. The minimum atomic E-state index is -0.961. The molecule has 0 spiro atoms. The van der Waals surface area contributed by atoms with Crippen molar-refractivity contribution in [3.63, 3.8) is 0 Å². The number of aryl methyl sites for hydroxylation is 1. The van der Waals surface area contributed by atoms with Crippen LogP contribution in [0, 0.1) is 6.92 Å². The zero-order valence-corrected chi connectivity index (χ0v) is 8.06.